The van der Waals surface area contributed by atoms with E-state index in [4.69, 9.17) is 35.3 Å². The fourth-order valence-electron chi connectivity index (χ4n) is 3.58. The summed E-state index contributed by atoms with van der Waals surface area (Å²) >= 11 is 6.10. The molecule has 0 bridgehead atoms. The number of ketones is 1. The standard InChI is InChI=1S/C22H27ClO7/c1-3-26-10-11-27-22(25)14(2)29-15-8-9-16-19(12-15)28-13-20(21(16)24)30-18-7-5-4-6-17(18)23/h4-7,13-16,19H,3,8-12H2,1-2H3. The summed E-state index contributed by atoms with van der Waals surface area (Å²) in [5.41, 5.74) is 0. The number of allylic oxidation sites excluding steroid dienone is 1. The Balaban J connectivity index is 1.51. The molecule has 1 heterocycles. The van der Waals surface area contributed by atoms with Crippen molar-refractivity contribution in [3.63, 3.8) is 0 Å². The van der Waals surface area contributed by atoms with E-state index in [0.29, 0.717) is 43.2 Å². The van der Waals surface area contributed by atoms with Crippen molar-refractivity contribution in [3.05, 3.63) is 41.3 Å². The fourth-order valence-corrected chi connectivity index (χ4v) is 3.76. The predicted octanol–water partition coefficient (Wildman–Crippen LogP) is 3.68. The van der Waals surface area contributed by atoms with Crippen LogP contribution in [-0.2, 0) is 28.5 Å². The maximum atomic E-state index is 12.8. The second kappa shape index (κ2) is 10.8. The molecule has 4 atom stereocenters. The van der Waals surface area contributed by atoms with E-state index in [1.807, 2.05) is 6.92 Å². The van der Waals surface area contributed by atoms with Gasteiger partial charge in [-0.1, -0.05) is 23.7 Å². The largest absolute Gasteiger partial charge is 0.493 e. The van der Waals surface area contributed by atoms with Crippen LogP contribution in [0, 0.1) is 5.92 Å². The minimum atomic E-state index is -0.692. The van der Waals surface area contributed by atoms with Crippen LogP contribution >= 0.6 is 11.6 Å². The Morgan fingerprint density at radius 1 is 1.27 bits per heavy atom. The van der Waals surface area contributed by atoms with Crippen molar-refractivity contribution >= 4 is 23.4 Å². The van der Waals surface area contributed by atoms with Crippen LogP contribution in [0.2, 0.25) is 5.02 Å². The highest BCUT2D eigenvalue weighted by atomic mass is 35.5. The molecule has 0 N–H and O–H groups in total. The van der Waals surface area contributed by atoms with Crippen LogP contribution in [0.1, 0.15) is 33.1 Å². The topological polar surface area (TPSA) is 80.3 Å². The number of hydrogen-bond acceptors (Lipinski definition) is 7. The zero-order chi connectivity index (χ0) is 21.5. The number of esters is 1. The highest BCUT2D eigenvalue weighted by Gasteiger charge is 2.42. The number of halogens is 1. The Hall–Kier alpha value is -2.09. The summed E-state index contributed by atoms with van der Waals surface area (Å²) in [7, 11) is 0. The molecule has 2 aliphatic rings. The number of ether oxygens (including phenoxy) is 5. The number of Topliss-reactive ketones (excluding diaryl/α,β-unsaturated/α-hetero) is 1. The molecule has 0 amide bonds. The maximum absolute atomic E-state index is 12.8. The van der Waals surface area contributed by atoms with Crippen LogP contribution in [0.4, 0.5) is 0 Å². The molecule has 1 aromatic carbocycles. The monoisotopic (exact) mass is 438 g/mol. The van der Waals surface area contributed by atoms with Gasteiger partial charge in [-0.05, 0) is 38.8 Å². The molecular weight excluding hydrogens is 412 g/mol. The lowest BCUT2D eigenvalue weighted by molar-refractivity contribution is -0.165. The second-order valence-electron chi connectivity index (χ2n) is 7.24. The average molecular weight is 439 g/mol. The third-order valence-electron chi connectivity index (χ3n) is 5.13. The molecule has 0 aromatic heterocycles. The maximum Gasteiger partial charge on any atom is 0.335 e. The molecular formula is C22H27ClO7. The minimum Gasteiger partial charge on any atom is -0.493 e. The van der Waals surface area contributed by atoms with Gasteiger partial charge in [0.15, 0.2) is 6.10 Å². The molecule has 1 aliphatic heterocycles. The molecule has 3 rings (SSSR count). The molecule has 1 saturated carbocycles. The molecule has 0 saturated heterocycles. The number of hydrogen-bond donors (Lipinski definition) is 0. The molecule has 164 valence electrons. The summed E-state index contributed by atoms with van der Waals surface area (Å²) < 4.78 is 27.6. The van der Waals surface area contributed by atoms with E-state index in [-0.39, 0.29) is 36.3 Å². The van der Waals surface area contributed by atoms with Gasteiger partial charge in [0.1, 0.15) is 24.7 Å². The van der Waals surface area contributed by atoms with Gasteiger partial charge in [-0.3, -0.25) is 4.79 Å². The van der Waals surface area contributed by atoms with Gasteiger partial charge in [-0.2, -0.15) is 0 Å². The smallest absolute Gasteiger partial charge is 0.335 e. The summed E-state index contributed by atoms with van der Waals surface area (Å²) in [5, 5.41) is 0.424. The molecule has 1 aliphatic carbocycles. The summed E-state index contributed by atoms with van der Waals surface area (Å²) in [6, 6.07) is 6.96. The molecule has 30 heavy (non-hydrogen) atoms. The molecule has 7 nitrogen and oxygen atoms in total. The van der Waals surface area contributed by atoms with Gasteiger partial charge >= 0.3 is 5.97 Å². The first-order valence-electron chi connectivity index (χ1n) is 10.2. The first kappa shape index (κ1) is 22.6. The van der Waals surface area contributed by atoms with Crippen molar-refractivity contribution in [3.8, 4) is 5.75 Å². The normalized spacial score (nSPS) is 24.3. The Morgan fingerprint density at radius 2 is 2.07 bits per heavy atom. The molecule has 1 fully saturated rings. The van der Waals surface area contributed by atoms with Crippen LogP contribution in [-0.4, -0.2) is 49.9 Å². The van der Waals surface area contributed by atoms with E-state index in [9.17, 15) is 9.59 Å². The third-order valence-corrected chi connectivity index (χ3v) is 5.45. The molecule has 4 unspecified atom stereocenters. The quantitative estimate of drug-likeness (QED) is 0.429. The zero-order valence-corrected chi connectivity index (χ0v) is 17.9. The van der Waals surface area contributed by atoms with Crippen molar-refractivity contribution in [1.29, 1.82) is 0 Å². The highest BCUT2D eigenvalue weighted by Crippen LogP contribution is 2.36. The number of carbonyl (C=O) groups excluding carboxylic acids is 2. The Morgan fingerprint density at radius 3 is 2.83 bits per heavy atom. The Bertz CT molecular complexity index is 779. The van der Waals surface area contributed by atoms with Gasteiger partial charge in [0.2, 0.25) is 11.5 Å². The number of carbonyl (C=O) groups is 2. The lowest BCUT2D eigenvalue weighted by atomic mass is 9.80. The van der Waals surface area contributed by atoms with Crippen LogP contribution in [0.25, 0.3) is 0 Å². The second-order valence-corrected chi connectivity index (χ2v) is 7.64. The average Bonchev–Trinajstić information content (AvgIpc) is 2.74. The summed E-state index contributed by atoms with van der Waals surface area (Å²) in [6.45, 7) is 4.68. The summed E-state index contributed by atoms with van der Waals surface area (Å²) in [4.78, 5) is 24.9. The van der Waals surface area contributed by atoms with Crippen molar-refractivity contribution in [1.82, 2.24) is 0 Å². The van der Waals surface area contributed by atoms with Crippen molar-refractivity contribution < 1.29 is 33.3 Å². The van der Waals surface area contributed by atoms with Gasteiger partial charge in [0, 0.05) is 13.0 Å². The zero-order valence-electron chi connectivity index (χ0n) is 17.2. The number of para-hydroxylation sites is 1. The van der Waals surface area contributed by atoms with Crippen LogP contribution in [0.15, 0.2) is 36.3 Å². The van der Waals surface area contributed by atoms with E-state index >= 15 is 0 Å². The van der Waals surface area contributed by atoms with E-state index in [2.05, 4.69) is 0 Å². The van der Waals surface area contributed by atoms with Gasteiger partial charge in [-0.25, -0.2) is 4.79 Å². The Labute approximate surface area is 181 Å². The van der Waals surface area contributed by atoms with Crippen molar-refractivity contribution in [2.24, 2.45) is 5.92 Å². The van der Waals surface area contributed by atoms with Gasteiger partial charge in [0.25, 0.3) is 0 Å². The predicted molar refractivity (Wildman–Crippen MR) is 109 cm³/mol. The van der Waals surface area contributed by atoms with Gasteiger partial charge in [-0.15, -0.1) is 0 Å². The van der Waals surface area contributed by atoms with E-state index in [0.717, 1.165) is 0 Å². The summed E-state index contributed by atoms with van der Waals surface area (Å²) in [6.07, 6.45) is 1.91. The minimum absolute atomic E-state index is 0.104. The SMILES string of the molecule is CCOCCOC(=O)C(C)OC1CCC2C(=O)C(Oc3ccccc3Cl)=COC2C1. The van der Waals surface area contributed by atoms with Gasteiger partial charge in [0.05, 0.1) is 23.7 Å². The van der Waals surface area contributed by atoms with E-state index < -0.39 is 12.1 Å². The number of fused-ring (bicyclic) bond motifs is 1. The van der Waals surface area contributed by atoms with Crippen LogP contribution < -0.4 is 4.74 Å². The van der Waals surface area contributed by atoms with Crippen LogP contribution in [0.3, 0.4) is 0 Å². The highest BCUT2D eigenvalue weighted by molar-refractivity contribution is 6.32. The van der Waals surface area contributed by atoms with Crippen molar-refractivity contribution in [2.75, 3.05) is 19.8 Å². The first-order chi connectivity index (χ1) is 14.5. The number of benzene rings is 1. The summed E-state index contributed by atoms with van der Waals surface area (Å²) in [5.74, 6) is -0.272. The lowest BCUT2D eigenvalue weighted by Crippen LogP contribution is -2.43. The molecule has 0 radical (unpaired) electrons. The molecule has 8 heteroatoms. The Kier molecular flexibility index (Phi) is 8.13. The van der Waals surface area contributed by atoms with Crippen molar-refractivity contribution in [2.45, 2.75) is 51.4 Å². The first-order valence-corrected chi connectivity index (χ1v) is 10.6. The van der Waals surface area contributed by atoms with Crippen LogP contribution in [0.5, 0.6) is 5.75 Å². The molecule has 0 spiro atoms. The van der Waals surface area contributed by atoms with E-state index in [1.165, 1.54) is 6.26 Å². The van der Waals surface area contributed by atoms with E-state index in [1.54, 1.807) is 31.2 Å². The lowest BCUT2D eigenvalue weighted by Gasteiger charge is -2.37. The fraction of sp³-hybridized carbons (Fsp3) is 0.545. The van der Waals surface area contributed by atoms with Gasteiger partial charge < -0.3 is 23.7 Å². The molecule has 1 aromatic rings. The third kappa shape index (κ3) is 5.74. The number of rotatable bonds is 9.